The quantitative estimate of drug-likeness (QED) is 0.704. The molecule has 0 aliphatic heterocycles. The van der Waals surface area contributed by atoms with Gasteiger partial charge in [0.25, 0.3) is 0 Å². The second-order valence-electron chi connectivity index (χ2n) is 6.21. The van der Waals surface area contributed by atoms with Gasteiger partial charge in [-0.15, -0.1) is 0 Å². The minimum atomic E-state index is -0.723. The van der Waals surface area contributed by atoms with Gasteiger partial charge in [0.15, 0.2) is 0 Å². The van der Waals surface area contributed by atoms with Crippen molar-refractivity contribution in [2.24, 2.45) is 0 Å². The zero-order valence-corrected chi connectivity index (χ0v) is 15.1. The maximum atomic E-state index is 12.3. The number of amides is 3. The van der Waals surface area contributed by atoms with Gasteiger partial charge in [-0.3, -0.25) is 19.7 Å². The fourth-order valence-corrected chi connectivity index (χ4v) is 2.83. The molecule has 0 heterocycles. The van der Waals surface area contributed by atoms with Gasteiger partial charge in [0.05, 0.1) is 11.4 Å². The SMILES string of the molecule is CCCC(C(=O)NC=O)N(C=O)c1cccc(C(C)C)c1N(C)C. The third kappa shape index (κ3) is 4.34. The lowest BCUT2D eigenvalue weighted by Gasteiger charge is -2.32. The van der Waals surface area contributed by atoms with Crippen molar-refractivity contribution in [2.75, 3.05) is 23.9 Å². The molecule has 1 N–H and O–H groups in total. The molecule has 1 unspecified atom stereocenters. The molecule has 0 aliphatic rings. The largest absolute Gasteiger partial charge is 0.376 e. The Morgan fingerprint density at radius 2 is 1.92 bits per heavy atom. The Kier molecular flexibility index (Phi) is 7.42. The van der Waals surface area contributed by atoms with Gasteiger partial charge in [0, 0.05) is 14.1 Å². The van der Waals surface area contributed by atoms with E-state index in [1.54, 1.807) is 0 Å². The summed E-state index contributed by atoms with van der Waals surface area (Å²) < 4.78 is 0. The number of nitrogens with zero attached hydrogens (tertiary/aromatic N) is 2. The molecule has 1 aromatic rings. The molecule has 3 amide bonds. The van der Waals surface area contributed by atoms with Gasteiger partial charge in [-0.05, 0) is 24.0 Å². The Hall–Kier alpha value is -2.37. The first-order valence-corrected chi connectivity index (χ1v) is 8.16. The van der Waals surface area contributed by atoms with Crippen molar-refractivity contribution in [2.45, 2.75) is 45.6 Å². The lowest BCUT2D eigenvalue weighted by atomic mass is 9.98. The number of para-hydroxylation sites is 1. The average molecular weight is 333 g/mol. The second-order valence-corrected chi connectivity index (χ2v) is 6.21. The number of benzene rings is 1. The first kappa shape index (κ1) is 19.7. The number of anilines is 2. The number of carbonyl (C=O) groups excluding carboxylic acids is 3. The first-order chi connectivity index (χ1) is 11.4. The van der Waals surface area contributed by atoms with E-state index >= 15 is 0 Å². The average Bonchev–Trinajstić information content (AvgIpc) is 2.54. The lowest BCUT2D eigenvalue weighted by Crippen LogP contribution is -2.46. The molecule has 132 valence electrons. The number of imide groups is 1. The molecule has 6 heteroatoms. The Balaban J connectivity index is 3.46. The monoisotopic (exact) mass is 333 g/mol. The van der Waals surface area contributed by atoms with E-state index in [4.69, 9.17) is 0 Å². The Labute approximate surface area is 143 Å². The van der Waals surface area contributed by atoms with Crippen LogP contribution in [0.3, 0.4) is 0 Å². The van der Waals surface area contributed by atoms with E-state index in [0.717, 1.165) is 11.3 Å². The summed E-state index contributed by atoms with van der Waals surface area (Å²) in [6.07, 6.45) is 2.20. The third-order valence-electron chi connectivity index (χ3n) is 3.91. The summed E-state index contributed by atoms with van der Waals surface area (Å²) in [6.45, 7) is 6.10. The van der Waals surface area contributed by atoms with Crippen LogP contribution in [0.2, 0.25) is 0 Å². The topological polar surface area (TPSA) is 69.7 Å². The summed E-state index contributed by atoms with van der Waals surface area (Å²) in [5.41, 5.74) is 2.66. The summed E-state index contributed by atoms with van der Waals surface area (Å²) in [5.74, 6) is -0.206. The first-order valence-electron chi connectivity index (χ1n) is 8.16. The molecule has 0 aromatic heterocycles. The fraction of sp³-hybridized carbons (Fsp3) is 0.500. The van der Waals surface area contributed by atoms with Crippen LogP contribution in [0.5, 0.6) is 0 Å². The van der Waals surface area contributed by atoms with Crippen LogP contribution >= 0.6 is 0 Å². The highest BCUT2D eigenvalue weighted by molar-refractivity contribution is 5.98. The zero-order chi connectivity index (χ0) is 18.3. The molecule has 0 aliphatic carbocycles. The molecular weight excluding hydrogens is 306 g/mol. The van der Waals surface area contributed by atoms with E-state index in [1.807, 2.05) is 44.1 Å². The van der Waals surface area contributed by atoms with Crippen LogP contribution in [-0.2, 0) is 14.4 Å². The van der Waals surface area contributed by atoms with Gasteiger partial charge in [-0.25, -0.2) is 0 Å². The summed E-state index contributed by atoms with van der Waals surface area (Å²) in [4.78, 5) is 38.1. The molecule has 1 aromatic carbocycles. The number of rotatable bonds is 9. The molecule has 1 rings (SSSR count). The van der Waals surface area contributed by atoms with Crippen molar-refractivity contribution < 1.29 is 14.4 Å². The molecule has 6 nitrogen and oxygen atoms in total. The van der Waals surface area contributed by atoms with Crippen LogP contribution in [0.25, 0.3) is 0 Å². The Morgan fingerprint density at radius 1 is 1.25 bits per heavy atom. The number of hydrogen-bond donors (Lipinski definition) is 1. The van der Waals surface area contributed by atoms with Crippen molar-refractivity contribution in [1.29, 1.82) is 0 Å². The van der Waals surface area contributed by atoms with Crippen molar-refractivity contribution in [3.63, 3.8) is 0 Å². The highest BCUT2D eigenvalue weighted by atomic mass is 16.2. The minimum absolute atomic E-state index is 0.268. The molecule has 1 atom stereocenters. The van der Waals surface area contributed by atoms with E-state index in [-0.39, 0.29) is 5.92 Å². The maximum Gasteiger partial charge on any atom is 0.249 e. The molecule has 24 heavy (non-hydrogen) atoms. The van der Waals surface area contributed by atoms with Crippen LogP contribution in [0.15, 0.2) is 18.2 Å². The van der Waals surface area contributed by atoms with Crippen LogP contribution < -0.4 is 15.1 Å². The van der Waals surface area contributed by atoms with Gasteiger partial charge < -0.3 is 9.80 Å². The van der Waals surface area contributed by atoms with E-state index in [0.29, 0.717) is 31.3 Å². The molecule has 0 radical (unpaired) electrons. The summed E-state index contributed by atoms with van der Waals surface area (Å²) in [6, 6.07) is 5.01. The zero-order valence-electron chi connectivity index (χ0n) is 15.1. The molecule has 0 saturated heterocycles. The standard InChI is InChI=1S/C18H27N3O3/c1-6-8-16(18(24)19-11-22)21(12-23)15-10-7-9-14(13(2)3)17(15)20(4)5/h7,9-13,16H,6,8H2,1-5H3,(H,19,22,24). The van der Waals surface area contributed by atoms with E-state index in [2.05, 4.69) is 19.2 Å². The normalized spacial score (nSPS) is 11.8. The summed E-state index contributed by atoms with van der Waals surface area (Å²) in [5, 5.41) is 2.17. The summed E-state index contributed by atoms with van der Waals surface area (Å²) >= 11 is 0. The Bertz CT molecular complexity index is 585. The number of nitrogens with one attached hydrogen (secondary N) is 1. The van der Waals surface area contributed by atoms with Crippen molar-refractivity contribution >= 4 is 30.1 Å². The predicted molar refractivity (Wildman–Crippen MR) is 96.3 cm³/mol. The van der Waals surface area contributed by atoms with Crippen molar-refractivity contribution in [1.82, 2.24) is 5.32 Å². The maximum absolute atomic E-state index is 12.3. The minimum Gasteiger partial charge on any atom is -0.376 e. The van der Waals surface area contributed by atoms with Gasteiger partial charge in [0.1, 0.15) is 6.04 Å². The Morgan fingerprint density at radius 3 is 2.38 bits per heavy atom. The highest BCUT2D eigenvalue weighted by Gasteiger charge is 2.28. The lowest BCUT2D eigenvalue weighted by molar-refractivity contribution is -0.127. The molecule has 0 saturated carbocycles. The summed E-state index contributed by atoms with van der Waals surface area (Å²) in [7, 11) is 3.82. The molecular formula is C18H27N3O3. The van der Waals surface area contributed by atoms with Crippen molar-refractivity contribution in [3.8, 4) is 0 Å². The van der Waals surface area contributed by atoms with E-state index in [1.165, 1.54) is 4.90 Å². The second kappa shape index (κ2) is 9.05. The van der Waals surface area contributed by atoms with Gasteiger partial charge in [-0.1, -0.05) is 39.3 Å². The third-order valence-corrected chi connectivity index (χ3v) is 3.91. The number of carbonyl (C=O) groups is 3. The van der Waals surface area contributed by atoms with Gasteiger partial charge in [-0.2, -0.15) is 0 Å². The fourth-order valence-electron chi connectivity index (χ4n) is 2.83. The predicted octanol–water partition coefficient (Wildman–Crippen LogP) is 2.28. The van der Waals surface area contributed by atoms with Crippen molar-refractivity contribution in [3.05, 3.63) is 23.8 Å². The molecule has 0 spiro atoms. The van der Waals surface area contributed by atoms with Crippen LogP contribution in [0.1, 0.15) is 45.1 Å². The smallest absolute Gasteiger partial charge is 0.249 e. The molecule has 0 bridgehead atoms. The van der Waals surface area contributed by atoms with Crippen LogP contribution in [-0.4, -0.2) is 38.9 Å². The van der Waals surface area contributed by atoms with Gasteiger partial charge in [0.2, 0.25) is 18.7 Å². The van der Waals surface area contributed by atoms with Gasteiger partial charge >= 0.3 is 0 Å². The van der Waals surface area contributed by atoms with Crippen LogP contribution in [0, 0.1) is 0 Å². The van der Waals surface area contributed by atoms with E-state index in [9.17, 15) is 14.4 Å². The highest BCUT2D eigenvalue weighted by Crippen LogP contribution is 2.36. The van der Waals surface area contributed by atoms with E-state index < -0.39 is 11.9 Å². The number of hydrogen-bond acceptors (Lipinski definition) is 4. The van der Waals surface area contributed by atoms with Crippen LogP contribution in [0.4, 0.5) is 11.4 Å². The molecule has 0 fully saturated rings.